The van der Waals surface area contributed by atoms with Crippen molar-refractivity contribution in [3.63, 3.8) is 0 Å². The molecule has 0 aromatic heterocycles. The van der Waals surface area contributed by atoms with Crippen molar-refractivity contribution in [2.45, 2.75) is 45.4 Å². The van der Waals surface area contributed by atoms with E-state index in [0.29, 0.717) is 0 Å². The molecule has 0 aliphatic carbocycles. The number of piperidine rings is 1. The number of aliphatic imine (C=N–C) groups is 1. The second-order valence-corrected chi connectivity index (χ2v) is 7.10. The lowest BCUT2D eigenvalue weighted by atomic mass is 10.1. The zero-order valence-corrected chi connectivity index (χ0v) is 19.0. The van der Waals surface area contributed by atoms with Crippen molar-refractivity contribution in [2.75, 3.05) is 72.1 Å². The van der Waals surface area contributed by atoms with Crippen molar-refractivity contribution >= 4 is 29.9 Å². The van der Waals surface area contributed by atoms with Crippen LogP contribution in [-0.4, -0.2) is 87.9 Å². The Balaban J connectivity index is 0.00000338. The largest absolute Gasteiger partial charge is 0.379 e. The van der Waals surface area contributed by atoms with E-state index in [4.69, 9.17) is 9.73 Å². The molecule has 2 N–H and O–H groups in total. The number of nitrogens with one attached hydrogen (secondary N) is 2. The summed E-state index contributed by atoms with van der Waals surface area (Å²) in [6.07, 6.45) is 8.01. The van der Waals surface area contributed by atoms with E-state index in [2.05, 4.69) is 27.4 Å². The van der Waals surface area contributed by atoms with E-state index < -0.39 is 0 Å². The summed E-state index contributed by atoms with van der Waals surface area (Å²) in [5, 5.41) is 6.81. The van der Waals surface area contributed by atoms with Gasteiger partial charge in [-0.25, -0.2) is 0 Å². The van der Waals surface area contributed by atoms with Gasteiger partial charge in [-0.1, -0.05) is 12.8 Å². The van der Waals surface area contributed by atoms with Crippen LogP contribution >= 0.6 is 24.0 Å². The third-order valence-electron chi connectivity index (χ3n) is 5.02. The Kier molecular flexibility index (Phi) is 14.6. The van der Waals surface area contributed by atoms with Crippen LogP contribution < -0.4 is 10.6 Å². The smallest absolute Gasteiger partial charge is 0.191 e. The maximum atomic E-state index is 5.39. The van der Waals surface area contributed by atoms with Crippen molar-refractivity contribution in [1.82, 2.24) is 20.4 Å². The molecule has 7 heteroatoms. The Labute approximate surface area is 177 Å². The Morgan fingerprint density at radius 3 is 2.35 bits per heavy atom. The maximum absolute atomic E-state index is 5.39. The molecule has 0 radical (unpaired) electrons. The first-order valence-electron chi connectivity index (χ1n) is 10.4. The van der Waals surface area contributed by atoms with Gasteiger partial charge in [0.15, 0.2) is 5.96 Å². The first kappa shape index (κ1) is 23.9. The summed E-state index contributed by atoms with van der Waals surface area (Å²) < 4.78 is 5.39. The Morgan fingerprint density at radius 2 is 1.62 bits per heavy atom. The third kappa shape index (κ3) is 10.9. The average molecular weight is 481 g/mol. The van der Waals surface area contributed by atoms with Crippen LogP contribution in [0.2, 0.25) is 0 Å². The molecule has 2 fully saturated rings. The molecule has 0 bridgehead atoms. The van der Waals surface area contributed by atoms with Crippen LogP contribution in [0.3, 0.4) is 0 Å². The molecular weight excluding hydrogens is 441 g/mol. The molecule has 2 saturated heterocycles. The van der Waals surface area contributed by atoms with Gasteiger partial charge in [0.25, 0.3) is 0 Å². The highest BCUT2D eigenvalue weighted by Gasteiger charge is 2.10. The molecule has 6 nitrogen and oxygen atoms in total. The second kappa shape index (κ2) is 15.9. The van der Waals surface area contributed by atoms with Gasteiger partial charge < -0.3 is 20.3 Å². The summed E-state index contributed by atoms with van der Waals surface area (Å²) >= 11 is 0. The molecule has 154 valence electrons. The first-order chi connectivity index (χ1) is 12.4. The number of guanidine groups is 1. The minimum atomic E-state index is 0. The number of likely N-dealkylation sites (tertiary alicyclic amines) is 1. The van der Waals surface area contributed by atoms with Crippen LogP contribution in [-0.2, 0) is 4.74 Å². The van der Waals surface area contributed by atoms with Crippen LogP contribution in [0.1, 0.15) is 45.4 Å². The van der Waals surface area contributed by atoms with Gasteiger partial charge in [0, 0.05) is 39.3 Å². The minimum Gasteiger partial charge on any atom is -0.379 e. The highest BCUT2D eigenvalue weighted by molar-refractivity contribution is 14.0. The lowest BCUT2D eigenvalue weighted by molar-refractivity contribution is 0.0389. The van der Waals surface area contributed by atoms with Crippen LogP contribution in [0.4, 0.5) is 0 Å². The standard InChI is InChI=1S/C19H39N5O.HI/c1-2-20-19(22-10-14-24-15-17-25-18-16-24)21-9-5-3-6-11-23-12-7-4-8-13-23;/h2-18H2,1H3,(H2,20,21,22);1H. The summed E-state index contributed by atoms with van der Waals surface area (Å²) in [5.41, 5.74) is 0. The van der Waals surface area contributed by atoms with Gasteiger partial charge in [0.1, 0.15) is 0 Å². The van der Waals surface area contributed by atoms with E-state index in [1.165, 1.54) is 58.2 Å². The highest BCUT2D eigenvalue weighted by atomic mass is 127. The van der Waals surface area contributed by atoms with Gasteiger partial charge in [-0.05, 0) is 52.2 Å². The summed E-state index contributed by atoms with van der Waals surface area (Å²) in [4.78, 5) is 9.79. The van der Waals surface area contributed by atoms with Crippen molar-refractivity contribution < 1.29 is 4.74 Å². The van der Waals surface area contributed by atoms with Gasteiger partial charge >= 0.3 is 0 Å². The number of hydrogen-bond donors (Lipinski definition) is 2. The molecule has 0 unspecified atom stereocenters. The summed E-state index contributed by atoms with van der Waals surface area (Å²) in [6.45, 7) is 13.7. The summed E-state index contributed by atoms with van der Waals surface area (Å²) in [7, 11) is 0. The zero-order chi connectivity index (χ0) is 17.6. The predicted molar refractivity (Wildman–Crippen MR) is 121 cm³/mol. The molecule has 2 aliphatic heterocycles. The van der Waals surface area contributed by atoms with Gasteiger partial charge in [-0.2, -0.15) is 0 Å². The molecule has 0 atom stereocenters. The fourth-order valence-corrected chi connectivity index (χ4v) is 3.50. The normalized spacial score (nSPS) is 19.8. The van der Waals surface area contributed by atoms with Crippen LogP contribution in [0.15, 0.2) is 4.99 Å². The Bertz CT molecular complexity index is 358. The van der Waals surface area contributed by atoms with Crippen molar-refractivity contribution in [3.8, 4) is 0 Å². The molecular formula is C19H40IN5O. The van der Waals surface area contributed by atoms with E-state index in [-0.39, 0.29) is 24.0 Å². The number of ether oxygens (including phenoxy) is 1. The maximum Gasteiger partial charge on any atom is 0.191 e. The highest BCUT2D eigenvalue weighted by Crippen LogP contribution is 2.09. The molecule has 0 aromatic rings. The summed E-state index contributed by atoms with van der Waals surface area (Å²) in [6, 6.07) is 0. The van der Waals surface area contributed by atoms with E-state index >= 15 is 0 Å². The molecule has 0 amide bonds. The number of morpholine rings is 1. The van der Waals surface area contributed by atoms with E-state index in [1.54, 1.807) is 0 Å². The molecule has 2 aliphatic rings. The lowest BCUT2D eigenvalue weighted by Gasteiger charge is -2.26. The molecule has 2 heterocycles. The zero-order valence-electron chi connectivity index (χ0n) is 16.7. The molecule has 2 rings (SSSR count). The summed E-state index contributed by atoms with van der Waals surface area (Å²) in [5.74, 6) is 0.965. The molecule has 0 saturated carbocycles. The van der Waals surface area contributed by atoms with E-state index in [0.717, 1.165) is 58.4 Å². The van der Waals surface area contributed by atoms with Crippen LogP contribution in [0.5, 0.6) is 0 Å². The SMILES string of the molecule is CCNC(=NCCCCCN1CCCCC1)NCCN1CCOCC1.I. The number of hydrogen-bond acceptors (Lipinski definition) is 4. The Morgan fingerprint density at radius 1 is 0.885 bits per heavy atom. The number of rotatable bonds is 10. The number of halogens is 1. The van der Waals surface area contributed by atoms with E-state index in [9.17, 15) is 0 Å². The second-order valence-electron chi connectivity index (χ2n) is 7.10. The fraction of sp³-hybridized carbons (Fsp3) is 0.947. The third-order valence-corrected chi connectivity index (χ3v) is 5.02. The average Bonchev–Trinajstić information content (AvgIpc) is 2.66. The van der Waals surface area contributed by atoms with Crippen LogP contribution in [0, 0.1) is 0 Å². The van der Waals surface area contributed by atoms with Crippen LogP contribution in [0.25, 0.3) is 0 Å². The quantitative estimate of drug-likeness (QED) is 0.217. The van der Waals surface area contributed by atoms with Gasteiger partial charge in [-0.3, -0.25) is 9.89 Å². The molecule has 26 heavy (non-hydrogen) atoms. The fourth-order valence-electron chi connectivity index (χ4n) is 3.50. The van der Waals surface area contributed by atoms with Gasteiger partial charge in [0.05, 0.1) is 13.2 Å². The van der Waals surface area contributed by atoms with Gasteiger partial charge in [0.2, 0.25) is 0 Å². The van der Waals surface area contributed by atoms with Crippen molar-refractivity contribution in [2.24, 2.45) is 4.99 Å². The van der Waals surface area contributed by atoms with E-state index in [1.807, 2.05) is 0 Å². The van der Waals surface area contributed by atoms with Crippen molar-refractivity contribution in [1.29, 1.82) is 0 Å². The van der Waals surface area contributed by atoms with Crippen molar-refractivity contribution in [3.05, 3.63) is 0 Å². The lowest BCUT2D eigenvalue weighted by Crippen LogP contribution is -2.44. The number of nitrogens with zero attached hydrogens (tertiary/aromatic N) is 3. The minimum absolute atomic E-state index is 0. The Hall–Kier alpha value is -0.120. The monoisotopic (exact) mass is 481 g/mol. The molecule has 0 aromatic carbocycles. The molecule has 0 spiro atoms. The van der Waals surface area contributed by atoms with Gasteiger partial charge in [-0.15, -0.1) is 24.0 Å². The number of unbranched alkanes of at least 4 members (excludes halogenated alkanes) is 2. The predicted octanol–water partition coefficient (Wildman–Crippen LogP) is 2.15. The topological polar surface area (TPSA) is 52.1 Å². The first-order valence-corrected chi connectivity index (χ1v) is 10.4.